The molecule has 0 amide bonds. The van der Waals surface area contributed by atoms with Crippen molar-refractivity contribution in [2.24, 2.45) is 7.05 Å². The van der Waals surface area contributed by atoms with Crippen LogP contribution in [0.4, 0.5) is 0 Å². The number of carbonyl (C=O) groups is 1. The minimum absolute atomic E-state index is 0.323. The van der Waals surface area contributed by atoms with Crippen molar-refractivity contribution < 1.29 is 9.53 Å². The molecule has 1 aromatic heterocycles. The first-order valence-electron chi connectivity index (χ1n) is 6.11. The lowest BCUT2D eigenvalue weighted by Crippen LogP contribution is -2.38. The number of likely N-dealkylation sites (N-methyl/N-ethyl adjacent to an activating group) is 1. The van der Waals surface area contributed by atoms with Crippen LogP contribution in [0.3, 0.4) is 0 Å². The van der Waals surface area contributed by atoms with Crippen molar-refractivity contribution in [2.75, 3.05) is 19.4 Å². The van der Waals surface area contributed by atoms with Gasteiger partial charge in [0, 0.05) is 12.8 Å². The molecule has 0 spiro atoms. The fourth-order valence-electron chi connectivity index (χ4n) is 1.55. The zero-order valence-electron chi connectivity index (χ0n) is 11.6. The van der Waals surface area contributed by atoms with Gasteiger partial charge in [0.05, 0.1) is 7.11 Å². The van der Waals surface area contributed by atoms with E-state index in [1.807, 2.05) is 6.92 Å². The Morgan fingerprint density at radius 2 is 2.25 bits per heavy atom. The summed E-state index contributed by atoms with van der Waals surface area (Å²) in [5.41, 5.74) is -1.57. The van der Waals surface area contributed by atoms with Gasteiger partial charge in [0.25, 0.3) is 0 Å². The minimum atomic E-state index is -0.818. The van der Waals surface area contributed by atoms with Crippen molar-refractivity contribution in [3.05, 3.63) is 20.7 Å². The summed E-state index contributed by atoms with van der Waals surface area (Å²) >= 11 is 1.29. The molecule has 0 aromatic carbocycles. The monoisotopic (exact) mass is 302 g/mol. The van der Waals surface area contributed by atoms with Crippen molar-refractivity contribution in [1.29, 1.82) is 0 Å². The van der Waals surface area contributed by atoms with Gasteiger partial charge in [-0.1, -0.05) is 18.7 Å². The number of aromatic nitrogens is 3. The maximum absolute atomic E-state index is 11.5. The molecule has 1 rings (SSSR count). The van der Waals surface area contributed by atoms with E-state index in [4.69, 9.17) is 4.74 Å². The Morgan fingerprint density at radius 1 is 1.55 bits per heavy atom. The summed E-state index contributed by atoms with van der Waals surface area (Å²) < 4.78 is 6.08. The number of hydrogen-bond donors (Lipinski definition) is 2. The molecule has 8 nitrogen and oxygen atoms in total. The highest BCUT2D eigenvalue weighted by Gasteiger charge is 2.17. The van der Waals surface area contributed by atoms with Gasteiger partial charge in [-0.15, -0.1) is 0 Å². The van der Waals surface area contributed by atoms with Gasteiger partial charge in [-0.25, -0.2) is 0 Å². The molecule has 112 valence electrons. The van der Waals surface area contributed by atoms with Crippen molar-refractivity contribution in [3.63, 3.8) is 0 Å². The van der Waals surface area contributed by atoms with E-state index < -0.39 is 17.2 Å². The summed E-state index contributed by atoms with van der Waals surface area (Å²) in [6.45, 7) is 2.55. The van der Waals surface area contributed by atoms with Crippen LogP contribution < -0.4 is 16.4 Å². The average Bonchev–Trinajstić information content (AvgIpc) is 2.42. The van der Waals surface area contributed by atoms with E-state index in [9.17, 15) is 14.4 Å². The van der Waals surface area contributed by atoms with Crippen LogP contribution in [0.1, 0.15) is 13.3 Å². The van der Waals surface area contributed by atoms with Gasteiger partial charge in [0.15, 0.2) is 5.16 Å². The summed E-state index contributed by atoms with van der Waals surface area (Å²) in [5, 5.41) is 5.78. The summed E-state index contributed by atoms with van der Waals surface area (Å²) in [6, 6.07) is -0.391. The zero-order chi connectivity index (χ0) is 15.1. The predicted octanol–water partition coefficient (Wildman–Crippen LogP) is -0.898. The van der Waals surface area contributed by atoms with Crippen molar-refractivity contribution >= 4 is 17.7 Å². The SMILES string of the molecule is CCNC(CCSc1nc(=O)c(=O)[nH]n1C)C(=O)OC. The normalized spacial score (nSPS) is 12.2. The molecule has 1 heterocycles. The second-order valence-corrected chi connectivity index (χ2v) is 5.03. The highest BCUT2D eigenvalue weighted by Crippen LogP contribution is 2.14. The van der Waals surface area contributed by atoms with Crippen LogP contribution in [0.2, 0.25) is 0 Å². The van der Waals surface area contributed by atoms with E-state index in [1.165, 1.54) is 23.6 Å². The number of thioether (sulfide) groups is 1. The van der Waals surface area contributed by atoms with Gasteiger partial charge in [-0.2, -0.15) is 4.98 Å². The fraction of sp³-hybridized carbons (Fsp3) is 0.636. The van der Waals surface area contributed by atoms with Crippen LogP contribution in [-0.4, -0.2) is 46.2 Å². The number of rotatable bonds is 7. The molecule has 0 aliphatic carbocycles. The number of nitrogens with one attached hydrogen (secondary N) is 2. The van der Waals surface area contributed by atoms with Gasteiger partial charge in [0.1, 0.15) is 6.04 Å². The Labute approximate surface area is 119 Å². The number of aryl methyl sites for hydroxylation is 1. The molecule has 2 N–H and O–H groups in total. The van der Waals surface area contributed by atoms with E-state index >= 15 is 0 Å². The second kappa shape index (κ2) is 7.85. The van der Waals surface area contributed by atoms with Crippen LogP contribution in [0, 0.1) is 0 Å². The van der Waals surface area contributed by atoms with Gasteiger partial charge in [-0.3, -0.25) is 24.2 Å². The Balaban J connectivity index is 2.63. The lowest BCUT2D eigenvalue weighted by molar-refractivity contribution is -0.143. The number of methoxy groups -OCH3 is 1. The molecule has 9 heteroatoms. The minimum Gasteiger partial charge on any atom is -0.468 e. The first-order valence-corrected chi connectivity index (χ1v) is 7.09. The van der Waals surface area contributed by atoms with E-state index in [2.05, 4.69) is 15.4 Å². The van der Waals surface area contributed by atoms with Crippen molar-refractivity contribution in [2.45, 2.75) is 24.5 Å². The molecule has 0 radical (unpaired) electrons. The number of nitrogens with zero attached hydrogens (tertiary/aromatic N) is 2. The highest BCUT2D eigenvalue weighted by atomic mass is 32.2. The van der Waals surface area contributed by atoms with Gasteiger partial charge < -0.3 is 10.1 Å². The van der Waals surface area contributed by atoms with Gasteiger partial charge >= 0.3 is 17.1 Å². The third-order valence-corrected chi connectivity index (χ3v) is 3.58. The third-order valence-electron chi connectivity index (χ3n) is 2.52. The zero-order valence-corrected chi connectivity index (χ0v) is 12.5. The average molecular weight is 302 g/mol. The topological polar surface area (TPSA) is 106 Å². The number of aromatic amines is 1. The lowest BCUT2D eigenvalue weighted by Gasteiger charge is -2.15. The van der Waals surface area contributed by atoms with Crippen LogP contribution in [0.25, 0.3) is 0 Å². The summed E-state index contributed by atoms with van der Waals surface area (Å²) in [7, 11) is 2.94. The van der Waals surface area contributed by atoms with Crippen molar-refractivity contribution in [3.8, 4) is 0 Å². The van der Waals surface area contributed by atoms with Crippen LogP contribution in [0.5, 0.6) is 0 Å². The van der Waals surface area contributed by atoms with E-state index in [0.717, 1.165) is 0 Å². The lowest BCUT2D eigenvalue weighted by atomic mass is 10.2. The molecule has 20 heavy (non-hydrogen) atoms. The molecule has 1 unspecified atom stereocenters. The maximum Gasteiger partial charge on any atom is 0.339 e. The Kier molecular flexibility index (Phi) is 6.46. The molecular formula is C11H18N4O4S. The highest BCUT2D eigenvalue weighted by molar-refractivity contribution is 7.99. The third kappa shape index (κ3) is 4.49. The predicted molar refractivity (Wildman–Crippen MR) is 74.9 cm³/mol. The number of hydrogen-bond acceptors (Lipinski definition) is 7. The quantitative estimate of drug-likeness (QED) is 0.382. The standard InChI is InChI=1S/C11H18N4O4S/c1-4-12-7(10(18)19-3)5-6-20-11-13-8(16)9(17)14-15(11)2/h7,12H,4-6H2,1-3H3,(H,14,17). The van der Waals surface area contributed by atoms with Crippen molar-refractivity contribution in [1.82, 2.24) is 20.1 Å². The first kappa shape index (κ1) is 16.4. The second-order valence-electron chi connectivity index (χ2n) is 3.97. The van der Waals surface area contributed by atoms with E-state index in [-0.39, 0.29) is 5.97 Å². The Bertz CT molecular complexity index is 568. The number of esters is 1. The number of ether oxygens (including phenoxy) is 1. The molecule has 0 bridgehead atoms. The maximum atomic E-state index is 11.5. The summed E-state index contributed by atoms with van der Waals surface area (Å²) in [5.74, 6) is 0.231. The van der Waals surface area contributed by atoms with Crippen LogP contribution in [-0.2, 0) is 16.6 Å². The first-order chi connectivity index (χ1) is 9.49. The number of H-pyrrole nitrogens is 1. The molecule has 0 saturated heterocycles. The van der Waals surface area contributed by atoms with Crippen LogP contribution in [0.15, 0.2) is 14.7 Å². The largest absolute Gasteiger partial charge is 0.468 e. The van der Waals surface area contributed by atoms with Gasteiger partial charge in [0.2, 0.25) is 0 Å². The smallest absolute Gasteiger partial charge is 0.339 e. The summed E-state index contributed by atoms with van der Waals surface area (Å²) in [4.78, 5) is 37.4. The summed E-state index contributed by atoms with van der Waals surface area (Å²) in [6.07, 6.45) is 0.528. The Hall–Kier alpha value is -1.61. The van der Waals surface area contributed by atoms with E-state index in [1.54, 1.807) is 7.05 Å². The molecule has 0 fully saturated rings. The molecule has 1 aromatic rings. The Morgan fingerprint density at radius 3 is 2.85 bits per heavy atom. The van der Waals surface area contributed by atoms with E-state index in [0.29, 0.717) is 23.9 Å². The molecular weight excluding hydrogens is 284 g/mol. The molecule has 0 aliphatic rings. The molecule has 0 saturated carbocycles. The fourth-order valence-corrected chi connectivity index (χ4v) is 2.47. The van der Waals surface area contributed by atoms with Crippen LogP contribution >= 0.6 is 11.8 Å². The van der Waals surface area contributed by atoms with Gasteiger partial charge in [-0.05, 0) is 13.0 Å². The molecule has 1 atom stereocenters. The molecule has 0 aliphatic heterocycles. The number of carbonyl (C=O) groups excluding carboxylic acids is 1.